The lowest BCUT2D eigenvalue weighted by atomic mass is 10.1. The molecule has 1 N–H and O–H groups in total. The molecule has 0 saturated carbocycles. The molecule has 8 nitrogen and oxygen atoms in total. The van der Waals surface area contributed by atoms with Crippen molar-refractivity contribution in [1.82, 2.24) is 24.6 Å². The van der Waals surface area contributed by atoms with Crippen molar-refractivity contribution in [3.63, 3.8) is 0 Å². The summed E-state index contributed by atoms with van der Waals surface area (Å²) in [5.74, 6) is 1.67. The van der Waals surface area contributed by atoms with Crippen LogP contribution in [0.2, 0.25) is 0 Å². The number of anilines is 1. The van der Waals surface area contributed by atoms with Crippen molar-refractivity contribution in [2.75, 3.05) is 19.0 Å². The summed E-state index contributed by atoms with van der Waals surface area (Å²) in [4.78, 5) is 9.15. The number of nitrogens with zero attached hydrogens (tertiary/aromatic N) is 5. The molecule has 0 amide bonds. The smallest absolute Gasteiger partial charge is 0.210 e. The fraction of sp³-hybridized carbons (Fsp3) is 0.273. The largest absolute Gasteiger partial charge is 0.493 e. The number of rotatable bonds is 6. The van der Waals surface area contributed by atoms with Crippen LogP contribution in [0.4, 0.5) is 5.95 Å². The summed E-state index contributed by atoms with van der Waals surface area (Å²) in [7, 11) is 1.68. The van der Waals surface area contributed by atoms with Crippen molar-refractivity contribution >= 4 is 11.6 Å². The molecule has 1 aliphatic heterocycles. The number of aromatic nitrogens is 5. The molecule has 0 atom stereocenters. The van der Waals surface area contributed by atoms with Gasteiger partial charge in [0.1, 0.15) is 12.1 Å². The third kappa shape index (κ3) is 3.25. The van der Waals surface area contributed by atoms with Gasteiger partial charge in [-0.05, 0) is 30.2 Å². The second kappa shape index (κ2) is 7.72. The van der Waals surface area contributed by atoms with Crippen LogP contribution in [0.1, 0.15) is 22.4 Å². The molecule has 4 heterocycles. The minimum atomic E-state index is 0.508. The summed E-state index contributed by atoms with van der Waals surface area (Å²) in [6.07, 6.45) is 6.25. The molecule has 152 valence electrons. The van der Waals surface area contributed by atoms with Gasteiger partial charge >= 0.3 is 0 Å². The van der Waals surface area contributed by atoms with Gasteiger partial charge in [-0.1, -0.05) is 12.1 Å². The van der Waals surface area contributed by atoms with E-state index in [1.165, 1.54) is 11.1 Å². The Morgan fingerprint density at radius 1 is 1.20 bits per heavy atom. The Morgan fingerprint density at radius 3 is 3.03 bits per heavy atom. The topological polar surface area (TPSA) is 86.5 Å². The molecule has 5 rings (SSSR count). The Kier molecular flexibility index (Phi) is 4.76. The lowest BCUT2D eigenvalue weighted by molar-refractivity contribution is 0.184. The number of hydrogen-bond acceptors (Lipinski definition) is 7. The fourth-order valence-electron chi connectivity index (χ4n) is 3.81. The van der Waals surface area contributed by atoms with Crippen LogP contribution in [0.5, 0.6) is 5.75 Å². The monoisotopic (exact) mass is 402 g/mol. The molecule has 1 aliphatic rings. The van der Waals surface area contributed by atoms with Gasteiger partial charge in [-0.3, -0.25) is 9.38 Å². The highest BCUT2D eigenvalue weighted by molar-refractivity contribution is 5.77. The van der Waals surface area contributed by atoms with E-state index in [2.05, 4.69) is 37.6 Å². The van der Waals surface area contributed by atoms with Gasteiger partial charge in [0, 0.05) is 54.9 Å². The number of aryl methyl sites for hydroxylation is 1. The lowest BCUT2D eigenvalue weighted by Gasteiger charge is -2.12. The van der Waals surface area contributed by atoms with Gasteiger partial charge in [-0.25, -0.2) is 4.98 Å². The van der Waals surface area contributed by atoms with Crippen molar-refractivity contribution in [3.8, 4) is 16.9 Å². The van der Waals surface area contributed by atoms with Crippen molar-refractivity contribution in [1.29, 1.82) is 0 Å². The first-order chi connectivity index (χ1) is 14.7. The maximum atomic E-state index is 5.67. The van der Waals surface area contributed by atoms with E-state index in [4.69, 9.17) is 9.47 Å². The normalized spacial score (nSPS) is 12.7. The summed E-state index contributed by atoms with van der Waals surface area (Å²) in [5, 5.41) is 11.8. The number of hydrogen-bond donors (Lipinski definition) is 1. The zero-order valence-corrected chi connectivity index (χ0v) is 16.9. The van der Waals surface area contributed by atoms with Crippen molar-refractivity contribution in [2.24, 2.45) is 0 Å². The van der Waals surface area contributed by atoms with E-state index in [1.807, 2.05) is 35.9 Å². The van der Waals surface area contributed by atoms with E-state index in [0.717, 1.165) is 46.8 Å². The second-order valence-corrected chi connectivity index (χ2v) is 7.27. The van der Waals surface area contributed by atoms with Crippen LogP contribution in [0, 0.1) is 6.92 Å². The van der Waals surface area contributed by atoms with Crippen molar-refractivity contribution in [2.45, 2.75) is 26.5 Å². The van der Waals surface area contributed by atoms with Crippen LogP contribution in [0.15, 0.2) is 43.0 Å². The Labute approximate surface area is 173 Å². The Hall–Kier alpha value is -3.52. The third-order valence-electron chi connectivity index (χ3n) is 5.41. The molecule has 8 heteroatoms. The number of nitrogens with one attached hydrogen (secondary N) is 1. The molecule has 0 radical (unpaired) electrons. The van der Waals surface area contributed by atoms with Crippen molar-refractivity contribution < 1.29 is 9.47 Å². The summed E-state index contributed by atoms with van der Waals surface area (Å²) in [6.45, 7) is 3.87. The van der Waals surface area contributed by atoms with Gasteiger partial charge in [0.2, 0.25) is 5.95 Å². The van der Waals surface area contributed by atoms with Gasteiger partial charge in [0.05, 0.1) is 13.2 Å². The van der Waals surface area contributed by atoms with E-state index in [-0.39, 0.29) is 0 Å². The molecule has 3 aromatic heterocycles. The van der Waals surface area contributed by atoms with Gasteiger partial charge in [-0.15, -0.1) is 10.2 Å². The third-order valence-corrected chi connectivity index (χ3v) is 5.41. The predicted molar refractivity (Wildman–Crippen MR) is 112 cm³/mol. The number of fused-ring (bicyclic) bond motifs is 2. The highest BCUT2D eigenvalue weighted by Gasteiger charge is 2.17. The summed E-state index contributed by atoms with van der Waals surface area (Å²) in [6, 6.07) is 8.23. The lowest BCUT2D eigenvalue weighted by Crippen LogP contribution is -2.08. The minimum absolute atomic E-state index is 0.508. The first-order valence-corrected chi connectivity index (χ1v) is 9.85. The van der Waals surface area contributed by atoms with Crippen molar-refractivity contribution in [3.05, 3.63) is 65.4 Å². The molecular weight excluding hydrogens is 380 g/mol. The van der Waals surface area contributed by atoms with E-state index in [1.54, 1.807) is 13.4 Å². The van der Waals surface area contributed by atoms with Crippen LogP contribution < -0.4 is 10.1 Å². The summed E-state index contributed by atoms with van der Waals surface area (Å²) in [5.41, 5.74) is 6.99. The van der Waals surface area contributed by atoms with Crippen LogP contribution in [0.25, 0.3) is 16.8 Å². The minimum Gasteiger partial charge on any atom is -0.493 e. The van der Waals surface area contributed by atoms with Gasteiger partial charge in [-0.2, -0.15) is 0 Å². The Balaban J connectivity index is 1.46. The zero-order valence-electron chi connectivity index (χ0n) is 16.9. The number of pyridine rings is 1. The second-order valence-electron chi connectivity index (χ2n) is 7.27. The number of methoxy groups -OCH3 is 1. The number of benzene rings is 1. The standard InChI is InChI=1S/C22H22N6O2/c1-14-17(12-29-2)8-16(10-23-14)19-11-25-22(28-13-26-27-21(19)28)24-9-15-4-3-5-20-18(15)6-7-30-20/h3-5,8,10-11,13H,6-7,9,12H2,1-2H3,(H,24,25). The molecule has 4 aromatic rings. The van der Waals surface area contributed by atoms with Gasteiger partial charge in [0.15, 0.2) is 5.65 Å². The first kappa shape index (κ1) is 18.5. The maximum Gasteiger partial charge on any atom is 0.210 e. The first-order valence-electron chi connectivity index (χ1n) is 9.85. The molecule has 0 fully saturated rings. The van der Waals surface area contributed by atoms with Crippen LogP contribution in [-0.2, 0) is 24.3 Å². The predicted octanol–water partition coefficient (Wildman–Crippen LogP) is 3.19. The quantitative estimate of drug-likeness (QED) is 0.530. The molecule has 0 spiro atoms. The highest BCUT2D eigenvalue weighted by atomic mass is 16.5. The Bertz CT molecular complexity index is 1220. The number of ether oxygens (including phenoxy) is 2. The average Bonchev–Trinajstić information content (AvgIpc) is 3.44. The van der Waals surface area contributed by atoms with E-state index in [9.17, 15) is 0 Å². The van der Waals surface area contributed by atoms with Crippen LogP contribution >= 0.6 is 0 Å². The van der Waals surface area contributed by atoms with Crippen LogP contribution in [0.3, 0.4) is 0 Å². The van der Waals surface area contributed by atoms with E-state index >= 15 is 0 Å². The molecule has 0 saturated heterocycles. The Morgan fingerprint density at radius 2 is 2.13 bits per heavy atom. The SMILES string of the molecule is COCc1cc(-c2cnc(NCc3cccc4c3CCO4)n3cnnc23)cnc1C. The molecule has 30 heavy (non-hydrogen) atoms. The highest BCUT2D eigenvalue weighted by Crippen LogP contribution is 2.29. The maximum absolute atomic E-state index is 5.67. The summed E-state index contributed by atoms with van der Waals surface area (Å²) < 4.78 is 12.8. The van der Waals surface area contributed by atoms with E-state index in [0.29, 0.717) is 19.1 Å². The molecule has 0 bridgehead atoms. The zero-order chi connectivity index (χ0) is 20.5. The fourth-order valence-corrected chi connectivity index (χ4v) is 3.81. The van der Waals surface area contributed by atoms with Gasteiger partial charge in [0.25, 0.3) is 0 Å². The molecule has 0 unspecified atom stereocenters. The molecular formula is C22H22N6O2. The summed E-state index contributed by atoms with van der Waals surface area (Å²) >= 11 is 0. The molecule has 1 aromatic carbocycles. The average molecular weight is 402 g/mol. The van der Waals surface area contributed by atoms with E-state index < -0.39 is 0 Å². The van der Waals surface area contributed by atoms with Crippen LogP contribution in [-0.4, -0.2) is 38.3 Å². The van der Waals surface area contributed by atoms with Gasteiger partial charge < -0.3 is 14.8 Å². The molecule has 0 aliphatic carbocycles.